The van der Waals surface area contributed by atoms with E-state index in [1.54, 1.807) is 6.07 Å². The van der Waals surface area contributed by atoms with Crippen molar-refractivity contribution < 1.29 is 18.1 Å². The van der Waals surface area contributed by atoms with Crippen molar-refractivity contribution in [2.75, 3.05) is 10.6 Å². The predicted molar refractivity (Wildman–Crippen MR) is 122 cm³/mol. The highest BCUT2D eigenvalue weighted by molar-refractivity contribution is 7.92. The molecule has 32 heavy (non-hydrogen) atoms. The molecule has 0 spiro atoms. The van der Waals surface area contributed by atoms with Gasteiger partial charge in [0.25, 0.3) is 11.6 Å². The topological polar surface area (TPSA) is 122 Å². The van der Waals surface area contributed by atoms with E-state index in [-0.39, 0.29) is 23.4 Å². The zero-order chi connectivity index (χ0) is 23.1. The van der Waals surface area contributed by atoms with Gasteiger partial charge in [-0.3, -0.25) is 19.2 Å². The molecule has 9 nitrogen and oxygen atoms in total. The quantitative estimate of drug-likeness (QED) is 0.319. The highest BCUT2D eigenvalue weighted by atomic mass is 32.2. The molecule has 0 atom stereocenters. The zero-order valence-electron chi connectivity index (χ0n) is 17.1. The van der Waals surface area contributed by atoms with Crippen LogP contribution in [0.15, 0.2) is 84.0 Å². The van der Waals surface area contributed by atoms with Gasteiger partial charge in [-0.1, -0.05) is 42.5 Å². The molecule has 0 unspecified atom stereocenters. The number of nitro benzene ring substituents is 1. The Morgan fingerprint density at radius 3 is 2.28 bits per heavy atom. The Morgan fingerprint density at radius 1 is 1.03 bits per heavy atom. The van der Waals surface area contributed by atoms with Crippen LogP contribution in [0, 0.1) is 10.1 Å². The fraction of sp³-hybridized carbons (Fsp3) is 0.0909. The normalized spacial score (nSPS) is 11.3. The predicted octanol–water partition coefficient (Wildman–Crippen LogP) is 3.32. The van der Waals surface area contributed by atoms with Crippen molar-refractivity contribution in [2.45, 2.75) is 6.54 Å². The van der Waals surface area contributed by atoms with Crippen LogP contribution in [-0.2, 0) is 16.6 Å². The molecular formula is C22H20N4O5S. The summed E-state index contributed by atoms with van der Waals surface area (Å²) in [6.45, 7) is 0.158. The number of hydrogen-bond acceptors (Lipinski definition) is 6. The van der Waals surface area contributed by atoms with E-state index in [9.17, 15) is 23.3 Å². The molecule has 0 saturated carbocycles. The molecule has 3 aromatic carbocycles. The Hall–Kier alpha value is -4.05. The number of benzene rings is 3. The zero-order valence-corrected chi connectivity index (χ0v) is 17.9. The SMILES string of the molecule is CS(=O)(=O)N(Cc1ccccc1)c1ccc(C(=O)N/N=C/c2ccccc2[N+](=O)[O-])cc1. The van der Waals surface area contributed by atoms with Crippen LogP contribution in [0.25, 0.3) is 0 Å². The number of nitro groups is 1. The van der Waals surface area contributed by atoms with Crippen LogP contribution in [0.3, 0.4) is 0 Å². The lowest BCUT2D eigenvalue weighted by Crippen LogP contribution is -2.29. The Labute approximate surface area is 185 Å². The monoisotopic (exact) mass is 452 g/mol. The van der Waals surface area contributed by atoms with Crippen LogP contribution in [0.4, 0.5) is 11.4 Å². The van der Waals surface area contributed by atoms with Gasteiger partial charge in [-0.2, -0.15) is 5.10 Å². The maximum absolute atomic E-state index is 12.3. The van der Waals surface area contributed by atoms with Gasteiger partial charge < -0.3 is 0 Å². The Kier molecular flexibility index (Phi) is 6.96. The molecule has 1 N–H and O–H groups in total. The minimum Gasteiger partial charge on any atom is -0.267 e. The average molecular weight is 452 g/mol. The van der Waals surface area contributed by atoms with E-state index in [0.29, 0.717) is 5.69 Å². The summed E-state index contributed by atoms with van der Waals surface area (Å²) in [7, 11) is -3.55. The third-order valence-electron chi connectivity index (χ3n) is 4.49. The second kappa shape index (κ2) is 9.84. The smallest absolute Gasteiger partial charge is 0.267 e. The van der Waals surface area contributed by atoms with E-state index < -0.39 is 20.9 Å². The van der Waals surface area contributed by atoms with Gasteiger partial charge in [0.1, 0.15) is 0 Å². The van der Waals surface area contributed by atoms with Crippen LogP contribution in [0.1, 0.15) is 21.5 Å². The summed E-state index contributed by atoms with van der Waals surface area (Å²) in [4.78, 5) is 22.8. The summed E-state index contributed by atoms with van der Waals surface area (Å²) in [5.41, 5.74) is 3.91. The Morgan fingerprint density at radius 2 is 1.66 bits per heavy atom. The third-order valence-corrected chi connectivity index (χ3v) is 5.63. The molecule has 0 saturated heterocycles. The third kappa shape index (κ3) is 5.76. The van der Waals surface area contributed by atoms with Gasteiger partial charge in [0.2, 0.25) is 10.0 Å². The minimum absolute atomic E-state index is 0.130. The van der Waals surface area contributed by atoms with Crippen LogP contribution >= 0.6 is 0 Å². The highest BCUT2D eigenvalue weighted by Gasteiger charge is 2.18. The van der Waals surface area contributed by atoms with E-state index >= 15 is 0 Å². The number of amides is 1. The molecule has 3 aromatic rings. The van der Waals surface area contributed by atoms with E-state index in [1.807, 2.05) is 30.3 Å². The molecule has 10 heteroatoms. The number of hydrogen-bond donors (Lipinski definition) is 1. The van der Waals surface area contributed by atoms with E-state index in [2.05, 4.69) is 10.5 Å². The van der Waals surface area contributed by atoms with Crippen molar-refractivity contribution in [1.82, 2.24) is 5.43 Å². The van der Waals surface area contributed by atoms with Crippen molar-refractivity contribution >= 4 is 33.5 Å². The summed E-state index contributed by atoms with van der Waals surface area (Å²) >= 11 is 0. The number of rotatable bonds is 8. The van der Waals surface area contributed by atoms with Crippen molar-refractivity contribution in [3.05, 3.63) is 106 Å². The number of carbonyl (C=O) groups is 1. The molecule has 1 amide bonds. The van der Waals surface area contributed by atoms with Gasteiger partial charge in [-0.05, 0) is 35.9 Å². The first-order valence-electron chi connectivity index (χ1n) is 9.44. The van der Waals surface area contributed by atoms with E-state index in [1.165, 1.54) is 53.0 Å². The second-order valence-corrected chi connectivity index (χ2v) is 8.72. The molecule has 0 bridgehead atoms. The van der Waals surface area contributed by atoms with E-state index in [0.717, 1.165) is 11.8 Å². The molecule has 3 rings (SSSR count). The fourth-order valence-electron chi connectivity index (χ4n) is 2.92. The molecule has 0 aromatic heterocycles. The highest BCUT2D eigenvalue weighted by Crippen LogP contribution is 2.21. The molecule has 0 aliphatic carbocycles. The molecule has 0 radical (unpaired) electrons. The fourth-order valence-corrected chi connectivity index (χ4v) is 3.80. The molecular weight excluding hydrogens is 432 g/mol. The number of hydrazone groups is 1. The first-order chi connectivity index (χ1) is 15.3. The Bertz CT molecular complexity index is 1240. The number of para-hydroxylation sites is 1. The largest absolute Gasteiger partial charge is 0.278 e. The second-order valence-electron chi connectivity index (χ2n) is 6.82. The standard InChI is InChI=1S/C22H20N4O5S/c1-32(30,31)25(16-17-7-3-2-4-8-17)20-13-11-18(12-14-20)22(27)24-23-15-19-9-5-6-10-21(19)26(28)29/h2-15H,16H2,1H3,(H,24,27)/b23-15+. The first kappa shape index (κ1) is 22.6. The lowest BCUT2D eigenvalue weighted by Gasteiger charge is -2.22. The van der Waals surface area contributed by atoms with Crippen molar-refractivity contribution in [3.63, 3.8) is 0 Å². The molecule has 0 aliphatic heterocycles. The summed E-state index contributed by atoms with van der Waals surface area (Å²) in [6.07, 6.45) is 2.31. The van der Waals surface area contributed by atoms with E-state index in [4.69, 9.17) is 0 Å². The number of carbonyl (C=O) groups excluding carboxylic acids is 1. The van der Waals surface area contributed by atoms with Crippen LogP contribution < -0.4 is 9.73 Å². The molecule has 164 valence electrons. The van der Waals surface area contributed by atoms with Crippen molar-refractivity contribution in [1.29, 1.82) is 0 Å². The average Bonchev–Trinajstić information content (AvgIpc) is 2.78. The summed E-state index contributed by atoms with van der Waals surface area (Å²) in [5, 5.41) is 14.8. The van der Waals surface area contributed by atoms with Gasteiger partial charge in [-0.25, -0.2) is 13.8 Å². The minimum atomic E-state index is -3.55. The Balaban J connectivity index is 1.72. The molecule has 0 heterocycles. The van der Waals surface area contributed by atoms with Gasteiger partial charge in [0, 0.05) is 11.6 Å². The first-order valence-corrected chi connectivity index (χ1v) is 11.3. The molecule has 0 aliphatic rings. The number of sulfonamides is 1. The van der Waals surface area contributed by atoms with Gasteiger partial charge >= 0.3 is 0 Å². The van der Waals surface area contributed by atoms with Crippen LogP contribution in [0.2, 0.25) is 0 Å². The maximum Gasteiger partial charge on any atom is 0.278 e. The summed E-state index contributed by atoms with van der Waals surface area (Å²) < 4.78 is 25.8. The van der Waals surface area contributed by atoms with Crippen molar-refractivity contribution in [2.24, 2.45) is 5.10 Å². The van der Waals surface area contributed by atoms with Crippen LogP contribution in [0.5, 0.6) is 0 Å². The lowest BCUT2D eigenvalue weighted by atomic mass is 10.2. The number of nitrogens with one attached hydrogen (secondary N) is 1. The van der Waals surface area contributed by atoms with Gasteiger partial charge in [0.15, 0.2) is 0 Å². The maximum atomic E-state index is 12.3. The summed E-state index contributed by atoms with van der Waals surface area (Å²) in [6, 6.07) is 21.2. The number of nitrogens with zero attached hydrogens (tertiary/aromatic N) is 3. The van der Waals surface area contributed by atoms with Gasteiger partial charge in [-0.15, -0.1) is 0 Å². The van der Waals surface area contributed by atoms with Gasteiger partial charge in [0.05, 0.1) is 35.2 Å². The molecule has 0 fully saturated rings. The summed E-state index contributed by atoms with van der Waals surface area (Å²) in [5.74, 6) is -0.541. The lowest BCUT2D eigenvalue weighted by molar-refractivity contribution is -0.385. The number of anilines is 1. The van der Waals surface area contributed by atoms with Crippen LogP contribution in [-0.4, -0.2) is 31.7 Å². The van der Waals surface area contributed by atoms with Crippen molar-refractivity contribution in [3.8, 4) is 0 Å².